The molecule has 0 aliphatic heterocycles. The smallest absolute Gasteiger partial charge is 0.306 e. The number of ether oxygens (including phenoxy) is 3. The first-order chi connectivity index (χ1) is 34.5. The predicted octanol–water partition coefficient (Wildman–Crippen LogP) is 20.2. The number of hydrogen-bond acceptors (Lipinski definition) is 6. The molecule has 70 heavy (non-hydrogen) atoms. The maximum atomic E-state index is 12.9. The molecule has 0 saturated carbocycles. The number of allylic oxidation sites excluding steroid dienone is 12. The molecular weight excluding hydrogens is 865 g/mol. The molecule has 0 aromatic rings. The standard InChI is InChI=1S/C64H112O6/c1-4-7-10-13-16-19-22-25-28-30-32-34-36-39-42-45-48-51-54-57-63(66)69-60-61(59-68-62(65)56-53-50-47-44-41-38-35-27-24-21-18-15-12-9-6-3)70-64(67)58-55-52-49-46-43-40-37-33-31-29-26-23-20-17-14-11-8-5-2/h9,12,15,18,21,23-24,26,29,31,33,37,61H,4-8,10-11,13-14,16-17,19-20,22,25,27-28,30,32,34-36,38-60H2,1-3H3/b12-9-,18-15-,24-21-,26-23-,31-29-,37-33-. The molecule has 0 aromatic heterocycles. The highest BCUT2D eigenvalue weighted by Gasteiger charge is 2.19. The zero-order valence-electron chi connectivity index (χ0n) is 46.3. The lowest BCUT2D eigenvalue weighted by atomic mass is 10.0. The summed E-state index contributed by atoms with van der Waals surface area (Å²) in [6.45, 7) is 6.50. The van der Waals surface area contributed by atoms with Crippen molar-refractivity contribution < 1.29 is 28.6 Å². The maximum absolute atomic E-state index is 12.9. The number of carbonyl (C=O) groups is 3. The minimum atomic E-state index is -0.791. The Morgan fingerprint density at radius 1 is 0.300 bits per heavy atom. The van der Waals surface area contributed by atoms with E-state index in [1.165, 1.54) is 161 Å². The van der Waals surface area contributed by atoms with Crippen molar-refractivity contribution in [2.75, 3.05) is 13.2 Å². The van der Waals surface area contributed by atoms with E-state index >= 15 is 0 Å². The SMILES string of the molecule is CC\C=C/C=C\C=C/CCCCCCCCCC(=O)OCC(COC(=O)CCCCCCCCCCCCCCCCCCCCC)OC(=O)CCCCCCC\C=C/C=C\C=C/CCCCCCC. The average Bonchev–Trinajstić information content (AvgIpc) is 3.36. The highest BCUT2D eigenvalue weighted by Crippen LogP contribution is 2.17. The third kappa shape index (κ3) is 55.8. The summed E-state index contributed by atoms with van der Waals surface area (Å²) in [6.07, 6.45) is 74.6. The van der Waals surface area contributed by atoms with Crippen molar-refractivity contribution in [2.24, 2.45) is 0 Å². The number of esters is 3. The van der Waals surface area contributed by atoms with Crippen LogP contribution in [0.5, 0.6) is 0 Å². The van der Waals surface area contributed by atoms with E-state index < -0.39 is 6.10 Å². The number of carbonyl (C=O) groups excluding carboxylic acids is 3. The molecule has 6 heteroatoms. The van der Waals surface area contributed by atoms with E-state index in [9.17, 15) is 14.4 Å². The van der Waals surface area contributed by atoms with Crippen LogP contribution in [0.2, 0.25) is 0 Å². The Hall–Kier alpha value is -3.15. The van der Waals surface area contributed by atoms with Crippen LogP contribution in [0.1, 0.15) is 297 Å². The highest BCUT2D eigenvalue weighted by molar-refractivity contribution is 5.71. The molecule has 6 nitrogen and oxygen atoms in total. The van der Waals surface area contributed by atoms with Gasteiger partial charge in [-0.05, 0) is 64.2 Å². The highest BCUT2D eigenvalue weighted by atomic mass is 16.6. The summed E-state index contributed by atoms with van der Waals surface area (Å²) in [4.78, 5) is 38.2. The van der Waals surface area contributed by atoms with Gasteiger partial charge in [0.25, 0.3) is 0 Å². The van der Waals surface area contributed by atoms with Crippen LogP contribution < -0.4 is 0 Å². The fourth-order valence-corrected chi connectivity index (χ4v) is 8.56. The fourth-order valence-electron chi connectivity index (χ4n) is 8.56. The summed E-state index contributed by atoms with van der Waals surface area (Å²) in [7, 11) is 0. The van der Waals surface area contributed by atoms with Gasteiger partial charge >= 0.3 is 17.9 Å². The monoisotopic (exact) mass is 977 g/mol. The summed E-state index contributed by atoms with van der Waals surface area (Å²) in [5.74, 6) is -0.905. The predicted molar refractivity (Wildman–Crippen MR) is 302 cm³/mol. The molecule has 0 heterocycles. The first kappa shape index (κ1) is 66.9. The molecule has 0 radical (unpaired) electrons. The van der Waals surface area contributed by atoms with E-state index in [1.54, 1.807) is 0 Å². The zero-order chi connectivity index (χ0) is 50.7. The minimum absolute atomic E-state index is 0.0854. The molecule has 0 bridgehead atoms. The number of hydrogen-bond donors (Lipinski definition) is 0. The number of unbranched alkanes of at least 4 members (excludes halogenated alkanes) is 35. The zero-order valence-corrected chi connectivity index (χ0v) is 46.3. The lowest BCUT2D eigenvalue weighted by Gasteiger charge is -2.18. The summed E-state index contributed by atoms with van der Waals surface area (Å²) in [6, 6.07) is 0. The van der Waals surface area contributed by atoms with Crippen molar-refractivity contribution >= 4 is 17.9 Å². The molecule has 404 valence electrons. The Morgan fingerprint density at radius 3 is 0.857 bits per heavy atom. The Bertz CT molecular complexity index is 1310. The third-order valence-electron chi connectivity index (χ3n) is 13.1. The van der Waals surface area contributed by atoms with Gasteiger partial charge in [-0.3, -0.25) is 14.4 Å². The normalized spacial score (nSPS) is 12.6. The second-order valence-corrected chi connectivity index (χ2v) is 20.0. The topological polar surface area (TPSA) is 78.9 Å². The summed E-state index contributed by atoms with van der Waals surface area (Å²) in [5, 5.41) is 0. The molecule has 0 aliphatic carbocycles. The van der Waals surface area contributed by atoms with Crippen molar-refractivity contribution in [3.63, 3.8) is 0 Å². The number of rotatable bonds is 54. The molecule has 0 N–H and O–H groups in total. The van der Waals surface area contributed by atoms with Gasteiger partial charge in [-0.2, -0.15) is 0 Å². The van der Waals surface area contributed by atoms with Crippen LogP contribution >= 0.6 is 0 Å². The lowest BCUT2D eigenvalue weighted by Crippen LogP contribution is -2.30. The lowest BCUT2D eigenvalue weighted by molar-refractivity contribution is -0.167. The van der Waals surface area contributed by atoms with E-state index in [0.29, 0.717) is 19.3 Å². The Morgan fingerprint density at radius 2 is 0.557 bits per heavy atom. The van der Waals surface area contributed by atoms with Crippen LogP contribution in [-0.4, -0.2) is 37.2 Å². The molecule has 0 saturated heterocycles. The molecule has 0 aromatic carbocycles. The van der Waals surface area contributed by atoms with Gasteiger partial charge in [-0.25, -0.2) is 0 Å². The van der Waals surface area contributed by atoms with Crippen LogP contribution in [0.25, 0.3) is 0 Å². The Kier molecular flexibility index (Phi) is 55.8. The second-order valence-electron chi connectivity index (χ2n) is 20.0. The summed E-state index contributed by atoms with van der Waals surface area (Å²) in [5.41, 5.74) is 0. The van der Waals surface area contributed by atoms with Crippen LogP contribution in [0.3, 0.4) is 0 Å². The van der Waals surface area contributed by atoms with Gasteiger partial charge in [-0.15, -0.1) is 0 Å². The van der Waals surface area contributed by atoms with Gasteiger partial charge in [0.05, 0.1) is 0 Å². The van der Waals surface area contributed by atoms with Gasteiger partial charge in [0.15, 0.2) is 6.10 Å². The van der Waals surface area contributed by atoms with Crippen molar-refractivity contribution in [1.82, 2.24) is 0 Å². The molecule has 0 fully saturated rings. The fraction of sp³-hybridized carbons (Fsp3) is 0.766. The van der Waals surface area contributed by atoms with Crippen LogP contribution in [-0.2, 0) is 28.6 Å². The molecule has 0 rings (SSSR count). The molecular formula is C64H112O6. The quantitative estimate of drug-likeness (QED) is 0.0261. The third-order valence-corrected chi connectivity index (χ3v) is 13.1. The van der Waals surface area contributed by atoms with E-state index in [0.717, 1.165) is 96.3 Å². The Balaban J connectivity index is 4.40. The van der Waals surface area contributed by atoms with Gasteiger partial charge in [0.1, 0.15) is 13.2 Å². The van der Waals surface area contributed by atoms with Crippen LogP contribution in [0, 0.1) is 0 Å². The van der Waals surface area contributed by atoms with E-state index in [-0.39, 0.29) is 31.1 Å². The van der Waals surface area contributed by atoms with E-state index in [2.05, 4.69) is 93.7 Å². The van der Waals surface area contributed by atoms with Crippen LogP contribution in [0.4, 0.5) is 0 Å². The molecule has 0 amide bonds. The Labute approximate surface area is 433 Å². The first-order valence-corrected chi connectivity index (χ1v) is 30.0. The van der Waals surface area contributed by atoms with Crippen molar-refractivity contribution in [1.29, 1.82) is 0 Å². The average molecular weight is 978 g/mol. The largest absolute Gasteiger partial charge is 0.462 e. The molecule has 0 aliphatic rings. The summed E-state index contributed by atoms with van der Waals surface area (Å²) < 4.78 is 16.9. The second kappa shape index (κ2) is 58.4. The summed E-state index contributed by atoms with van der Waals surface area (Å²) >= 11 is 0. The molecule has 1 atom stereocenters. The van der Waals surface area contributed by atoms with E-state index in [4.69, 9.17) is 14.2 Å². The van der Waals surface area contributed by atoms with Crippen molar-refractivity contribution in [3.05, 3.63) is 72.9 Å². The molecule has 0 spiro atoms. The van der Waals surface area contributed by atoms with E-state index in [1.807, 2.05) is 0 Å². The minimum Gasteiger partial charge on any atom is -0.462 e. The molecule has 1 unspecified atom stereocenters. The van der Waals surface area contributed by atoms with Gasteiger partial charge < -0.3 is 14.2 Å². The van der Waals surface area contributed by atoms with Gasteiger partial charge in [0.2, 0.25) is 0 Å². The first-order valence-electron chi connectivity index (χ1n) is 30.0. The van der Waals surface area contributed by atoms with Crippen molar-refractivity contribution in [3.8, 4) is 0 Å². The van der Waals surface area contributed by atoms with Crippen molar-refractivity contribution in [2.45, 2.75) is 303 Å². The van der Waals surface area contributed by atoms with Gasteiger partial charge in [-0.1, -0.05) is 286 Å². The van der Waals surface area contributed by atoms with Crippen LogP contribution in [0.15, 0.2) is 72.9 Å². The van der Waals surface area contributed by atoms with Gasteiger partial charge in [0, 0.05) is 19.3 Å². The maximum Gasteiger partial charge on any atom is 0.306 e.